The highest BCUT2D eigenvalue weighted by molar-refractivity contribution is 5.73. The summed E-state index contributed by atoms with van der Waals surface area (Å²) in [6, 6.07) is 6.31. The molecule has 1 rings (SSSR count). The molecule has 1 aromatic rings. The first kappa shape index (κ1) is 15.4. The summed E-state index contributed by atoms with van der Waals surface area (Å²) < 4.78 is 13.3. The van der Waals surface area contributed by atoms with E-state index in [1.54, 1.807) is 18.2 Å². The molecule has 0 aliphatic heterocycles. The number of amides is 2. The molecule has 0 saturated heterocycles. The van der Waals surface area contributed by atoms with Crippen molar-refractivity contribution in [3.8, 4) is 0 Å². The van der Waals surface area contributed by atoms with E-state index in [9.17, 15) is 9.18 Å². The number of unbranched alkanes of at least 4 members (excludes halogenated alkanes) is 2. The Balaban J connectivity index is 2.09. The Labute approximate surface area is 113 Å². The summed E-state index contributed by atoms with van der Waals surface area (Å²) in [5, 5.41) is 14.0. The van der Waals surface area contributed by atoms with Crippen LogP contribution in [-0.4, -0.2) is 30.8 Å². The van der Waals surface area contributed by atoms with Gasteiger partial charge in [0.15, 0.2) is 0 Å². The second kappa shape index (κ2) is 9.33. The van der Waals surface area contributed by atoms with Gasteiger partial charge in [-0.05, 0) is 37.3 Å². The van der Waals surface area contributed by atoms with Gasteiger partial charge in [0.05, 0.1) is 0 Å². The zero-order chi connectivity index (χ0) is 13.9. The van der Waals surface area contributed by atoms with Crippen LogP contribution >= 0.6 is 0 Å². The van der Waals surface area contributed by atoms with E-state index in [4.69, 9.17) is 5.11 Å². The molecule has 3 N–H and O–H groups in total. The molecule has 0 aliphatic rings. The highest BCUT2D eigenvalue weighted by atomic mass is 19.1. The molecule has 0 aromatic heterocycles. The van der Waals surface area contributed by atoms with Gasteiger partial charge in [0, 0.05) is 19.7 Å². The van der Waals surface area contributed by atoms with Crippen molar-refractivity contribution in [2.24, 2.45) is 0 Å². The van der Waals surface area contributed by atoms with Gasteiger partial charge in [-0.3, -0.25) is 0 Å². The van der Waals surface area contributed by atoms with Crippen molar-refractivity contribution < 1.29 is 14.3 Å². The Morgan fingerprint density at radius 2 is 1.84 bits per heavy atom. The summed E-state index contributed by atoms with van der Waals surface area (Å²) in [5.74, 6) is -0.242. The molecule has 0 fully saturated rings. The molecule has 0 heterocycles. The predicted octanol–water partition coefficient (Wildman–Crippen LogP) is 1.83. The average molecular weight is 268 g/mol. The van der Waals surface area contributed by atoms with E-state index in [0.717, 1.165) is 19.3 Å². The van der Waals surface area contributed by atoms with Gasteiger partial charge in [-0.25, -0.2) is 9.18 Å². The minimum atomic E-state index is -0.242. The van der Waals surface area contributed by atoms with Gasteiger partial charge in [0.25, 0.3) is 0 Å². The number of carbonyl (C=O) groups excluding carboxylic acids is 1. The Morgan fingerprint density at radius 1 is 1.11 bits per heavy atom. The summed E-state index contributed by atoms with van der Waals surface area (Å²) in [5.41, 5.74) is 0.603. The van der Waals surface area contributed by atoms with Gasteiger partial charge in [0.2, 0.25) is 0 Å². The number of rotatable bonds is 8. The minimum absolute atomic E-state index is 0.189. The quantitative estimate of drug-likeness (QED) is 0.630. The van der Waals surface area contributed by atoms with Crippen LogP contribution in [0.2, 0.25) is 0 Å². The van der Waals surface area contributed by atoms with Crippen LogP contribution in [-0.2, 0) is 6.42 Å². The first-order valence-electron chi connectivity index (χ1n) is 6.60. The fraction of sp³-hybridized carbons (Fsp3) is 0.500. The van der Waals surface area contributed by atoms with Crippen molar-refractivity contribution in [2.75, 3.05) is 19.7 Å². The van der Waals surface area contributed by atoms with Crippen LogP contribution in [0, 0.1) is 5.82 Å². The zero-order valence-corrected chi connectivity index (χ0v) is 11.0. The number of urea groups is 1. The maximum Gasteiger partial charge on any atom is 0.314 e. The van der Waals surface area contributed by atoms with E-state index in [1.165, 1.54) is 6.07 Å². The van der Waals surface area contributed by atoms with Gasteiger partial charge in [-0.1, -0.05) is 18.2 Å². The number of hydrogen-bond donors (Lipinski definition) is 3. The molecule has 2 amide bonds. The molecule has 0 atom stereocenters. The van der Waals surface area contributed by atoms with Crippen LogP contribution in [0.3, 0.4) is 0 Å². The van der Waals surface area contributed by atoms with Gasteiger partial charge >= 0.3 is 6.03 Å². The monoisotopic (exact) mass is 268 g/mol. The lowest BCUT2D eigenvalue weighted by Gasteiger charge is -2.07. The Kier molecular flexibility index (Phi) is 7.58. The van der Waals surface area contributed by atoms with Crippen LogP contribution < -0.4 is 10.6 Å². The van der Waals surface area contributed by atoms with Crippen LogP contribution in [0.15, 0.2) is 24.3 Å². The highest BCUT2D eigenvalue weighted by Crippen LogP contribution is 2.05. The van der Waals surface area contributed by atoms with Gasteiger partial charge in [-0.15, -0.1) is 0 Å². The van der Waals surface area contributed by atoms with E-state index in [0.29, 0.717) is 25.1 Å². The van der Waals surface area contributed by atoms with Crippen molar-refractivity contribution in [1.82, 2.24) is 10.6 Å². The van der Waals surface area contributed by atoms with E-state index in [1.807, 2.05) is 0 Å². The van der Waals surface area contributed by atoms with E-state index >= 15 is 0 Å². The maximum absolute atomic E-state index is 13.3. The second-order valence-electron chi connectivity index (χ2n) is 4.31. The van der Waals surface area contributed by atoms with Crippen LogP contribution in [0.1, 0.15) is 24.8 Å². The van der Waals surface area contributed by atoms with Gasteiger partial charge < -0.3 is 15.7 Å². The summed E-state index contributed by atoms with van der Waals surface area (Å²) in [7, 11) is 0. The Hall–Kier alpha value is -1.62. The smallest absolute Gasteiger partial charge is 0.314 e. The van der Waals surface area contributed by atoms with Crippen molar-refractivity contribution in [3.63, 3.8) is 0 Å². The highest BCUT2D eigenvalue weighted by Gasteiger charge is 2.02. The number of carbonyl (C=O) groups is 1. The zero-order valence-electron chi connectivity index (χ0n) is 11.0. The molecule has 0 spiro atoms. The fourth-order valence-electron chi connectivity index (χ4n) is 1.69. The lowest BCUT2D eigenvalue weighted by molar-refractivity contribution is 0.240. The average Bonchev–Trinajstić information content (AvgIpc) is 2.41. The normalized spacial score (nSPS) is 10.2. The molecular formula is C14H21FN2O2. The molecule has 0 radical (unpaired) electrons. The van der Waals surface area contributed by atoms with Crippen molar-refractivity contribution >= 4 is 6.03 Å². The second-order valence-corrected chi connectivity index (χ2v) is 4.31. The molecule has 1 aromatic carbocycles. The summed E-state index contributed by atoms with van der Waals surface area (Å²) in [6.45, 7) is 1.18. The number of halogens is 1. The van der Waals surface area contributed by atoms with Crippen molar-refractivity contribution in [3.05, 3.63) is 35.6 Å². The third-order valence-corrected chi connectivity index (χ3v) is 2.76. The number of hydrogen-bond acceptors (Lipinski definition) is 2. The van der Waals surface area contributed by atoms with Gasteiger partial charge in [-0.2, -0.15) is 0 Å². The summed E-state index contributed by atoms with van der Waals surface area (Å²) >= 11 is 0. The third-order valence-electron chi connectivity index (χ3n) is 2.76. The molecule has 4 nitrogen and oxygen atoms in total. The third kappa shape index (κ3) is 6.76. The molecule has 5 heteroatoms. The Bertz CT molecular complexity index is 385. The van der Waals surface area contributed by atoms with Crippen molar-refractivity contribution in [1.29, 1.82) is 0 Å². The minimum Gasteiger partial charge on any atom is -0.396 e. The number of aliphatic hydroxyl groups excluding tert-OH is 1. The van der Waals surface area contributed by atoms with Gasteiger partial charge in [0.1, 0.15) is 5.82 Å². The SMILES string of the molecule is O=C(NCCCCCO)NCCc1ccccc1F. The van der Waals surface area contributed by atoms with Crippen LogP contribution in [0.5, 0.6) is 0 Å². The molecule has 0 saturated carbocycles. The molecule has 0 bridgehead atoms. The van der Waals surface area contributed by atoms with Crippen molar-refractivity contribution in [2.45, 2.75) is 25.7 Å². The molecule has 0 aliphatic carbocycles. The number of benzene rings is 1. The van der Waals surface area contributed by atoms with E-state index in [-0.39, 0.29) is 18.5 Å². The lowest BCUT2D eigenvalue weighted by atomic mass is 10.1. The fourth-order valence-corrected chi connectivity index (χ4v) is 1.69. The van der Waals surface area contributed by atoms with E-state index < -0.39 is 0 Å². The Morgan fingerprint density at radius 3 is 2.58 bits per heavy atom. The van der Waals surface area contributed by atoms with Crippen LogP contribution in [0.4, 0.5) is 9.18 Å². The number of aliphatic hydroxyl groups is 1. The predicted molar refractivity (Wildman–Crippen MR) is 72.4 cm³/mol. The summed E-state index contributed by atoms with van der Waals surface area (Å²) in [6.07, 6.45) is 2.98. The topological polar surface area (TPSA) is 61.4 Å². The first-order chi connectivity index (χ1) is 9.24. The molecule has 0 unspecified atom stereocenters. The largest absolute Gasteiger partial charge is 0.396 e. The molecular weight excluding hydrogens is 247 g/mol. The molecule has 19 heavy (non-hydrogen) atoms. The standard InChI is InChI=1S/C14H21FN2O2/c15-13-7-3-2-6-12(13)8-10-17-14(19)16-9-4-1-5-11-18/h2-3,6-7,18H,1,4-5,8-11H2,(H2,16,17,19). The number of nitrogens with one attached hydrogen (secondary N) is 2. The maximum atomic E-state index is 13.3. The summed E-state index contributed by atoms with van der Waals surface area (Å²) in [4.78, 5) is 11.4. The van der Waals surface area contributed by atoms with Crippen LogP contribution in [0.25, 0.3) is 0 Å². The first-order valence-corrected chi connectivity index (χ1v) is 6.60. The molecule has 106 valence electrons. The lowest BCUT2D eigenvalue weighted by Crippen LogP contribution is -2.37. The van der Waals surface area contributed by atoms with E-state index in [2.05, 4.69) is 10.6 Å².